The van der Waals surface area contributed by atoms with Crippen LogP contribution in [0.25, 0.3) is 11.4 Å². The molecule has 6 nitrogen and oxygen atoms in total. The zero-order chi connectivity index (χ0) is 16.7. The Labute approximate surface area is 144 Å². The molecule has 23 heavy (non-hydrogen) atoms. The maximum absolute atomic E-state index is 11.9. The van der Waals surface area contributed by atoms with Gasteiger partial charge in [0.15, 0.2) is 0 Å². The molecule has 0 aliphatic rings. The van der Waals surface area contributed by atoms with Crippen LogP contribution in [0.1, 0.15) is 44.5 Å². The lowest BCUT2D eigenvalue weighted by molar-refractivity contribution is -0.122. The molecule has 0 spiro atoms. The average Bonchev–Trinajstić information content (AvgIpc) is 3.02. The first-order chi connectivity index (χ1) is 11.1. The lowest BCUT2D eigenvalue weighted by Crippen LogP contribution is -2.26. The van der Waals surface area contributed by atoms with E-state index in [0.29, 0.717) is 24.7 Å². The summed E-state index contributed by atoms with van der Waals surface area (Å²) in [5, 5.41) is 6.84. The Balaban J connectivity index is 1.89. The minimum absolute atomic E-state index is 0.0158. The third-order valence-electron chi connectivity index (χ3n) is 3.40. The molecule has 2 aromatic rings. The van der Waals surface area contributed by atoms with Crippen molar-refractivity contribution in [3.8, 4) is 11.4 Å². The lowest BCUT2D eigenvalue weighted by Gasteiger charge is -2.09. The molecule has 124 valence electrons. The van der Waals surface area contributed by atoms with Gasteiger partial charge < -0.3 is 15.6 Å². The van der Waals surface area contributed by atoms with Crippen LogP contribution in [-0.4, -0.2) is 22.6 Å². The molecular formula is C16H21BrN4O2. The average molecular weight is 381 g/mol. The highest BCUT2D eigenvalue weighted by Crippen LogP contribution is 2.21. The van der Waals surface area contributed by atoms with Gasteiger partial charge in [-0.25, -0.2) is 0 Å². The van der Waals surface area contributed by atoms with E-state index >= 15 is 0 Å². The number of nitrogens with one attached hydrogen (secondary N) is 1. The fraction of sp³-hybridized carbons (Fsp3) is 0.438. The quantitative estimate of drug-likeness (QED) is 0.685. The van der Waals surface area contributed by atoms with E-state index in [9.17, 15) is 4.79 Å². The molecule has 1 amide bonds. The van der Waals surface area contributed by atoms with Crippen LogP contribution in [0.15, 0.2) is 33.3 Å². The Kier molecular flexibility index (Phi) is 6.73. The number of aromatic nitrogens is 2. The van der Waals surface area contributed by atoms with Crippen molar-refractivity contribution in [3.63, 3.8) is 0 Å². The van der Waals surface area contributed by atoms with Gasteiger partial charge in [-0.05, 0) is 50.6 Å². The Morgan fingerprint density at radius 3 is 2.74 bits per heavy atom. The highest BCUT2D eigenvalue weighted by atomic mass is 79.9. The minimum atomic E-state index is -0.311. The van der Waals surface area contributed by atoms with Gasteiger partial charge in [-0.3, -0.25) is 4.79 Å². The standard InChI is InChI=1S/C16H21BrN4O2/c1-11(19-14(22)5-3-2-4-10-18)16-20-15(21-23-16)12-6-8-13(17)9-7-12/h6-9,11H,2-5,10,18H2,1H3,(H,19,22). The van der Waals surface area contributed by atoms with Gasteiger partial charge in [0.2, 0.25) is 17.6 Å². The predicted octanol–water partition coefficient (Wildman–Crippen LogP) is 3.20. The molecule has 3 N–H and O–H groups in total. The van der Waals surface area contributed by atoms with E-state index in [2.05, 4.69) is 31.4 Å². The van der Waals surface area contributed by atoms with E-state index in [1.807, 2.05) is 31.2 Å². The van der Waals surface area contributed by atoms with E-state index in [4.69, 9.17) is 10.3 Å². The number of halogens is 1. The number of carbonyl (C=O) groups excluding carboxylic acids is 1. The second kappa shape index (κ2) is 8.79. The molecule has 0 aliphatic heterocycles. The monoisotopic (exact) mass is 380 g/mol. The zero-order valence-electron chi connectivity index (χ0n) is 13.1. The Hall–Kier alpha value is -1.73. The number of benzene rings is 1. The predicted molar refractivity (Wildman–Crippen MR) is 91.5 cm³/mol. The molecule has 0 fully saturated rings. The molecule has 1 unspecified atom stereocenters. The first-order valence-electron chi connectivity index (χ1n) is 7.69. The third-order valence-corrected chi connectivity index (χ3v) is 3.93. The zero-order valence-corrected chi connectivity index (χ0v) is 14.7. The largest absolute Gasteiger partial charge is 0.345 e. The van der Waals surface area contributed by atoms with Crippen molar-refractivity contribution in [3.05, 3.63) is 34.6 Å². The SMILES string of the molecule is CC(NC(=O)CCCCCN)c1nc(-c2ccc(Br)cc2)no1. The van der Waals surface area contributed by atoms with Crippen LogP contribution in [-0.2, 0) is 4.79 Å². The van der Waals surface area contributed by atoms with Crippen molar-refractivity contribution < 1.29 is 9.32 Å². The lowest BCUT2D eigenvalue weighted by atomic mass is 10.2. The highest BCUT2D eigenvalue weighted by molar-refractivity contribution is 9.10. The van der Waals surface area contributed by atoms with Gasteiger partial charge in [-0.2, -0.15) is 4.98 Å². The number of carbonyl (C=O) groups is 1. The summed E-state index contributed by atoms with van der Waals surface area (Å²) in [7, 11) is 0. The molecule has 0 aliphatic carbocycles. The van der Waals surface area contributed by atoms with Crippen LogP contribution in [0.5, 0.6) is 0 Å². The number of hydrogen-bond acceptors (Lipinski definition) is 5. The van der Waals surface area contributed by atoms with Gasteiger partial charge >= 0.3 is 0 Å². The Morgan fingerprint density at radius 2 is 2.04 bits per heavy atom. The fourth-order valence-electron chi connectivity index (χ4n) is 2.11. The first-order valence-corrected chi connectivity index (χ1v) is 8.48. The van der Waals surface area contributed by atoms with Crippen molar-refractivity contribution in [2.24, 2.45) is 5.73 Å². The molecule has 1 atom stereocenters. The van der Waals surface area contributed by atoms with E-state index in [0.717, 1.165) is 29.3 Å². The summed E-state index contributed by atoms with van der Waals surface area (Å²) < 4.78 is 6.24. The molecule has 7 heteroatoms. The first kappa shape index (κ1) is 17.6. The topological polar surface area (TPSA) is 94.0 Å². The summed E-state index contributed by atoms with van der Waals surface area (Å²) in [5.74, 6) is 0.896. The van der Waals surface area contributed by atoms with Crippen LogP contribution in [0.4, 0.5) is 0 Å². The second-order valence-electron chi connectivity index (χ2n) is 5.35. The highest BCUT2D eigenvalue weighted by Gasteiger charge is 2.17. The number of unbranched alkanes of at least 4 members (excludes halogenated alkanes) is 2. The Bertz CT molecular complexity index is 627. The summed E-state index contributed by atoms with van der Waals surface area (Å²) in [6, 6.07) is 7.32. The van der Waals surface area contributed by atoms with E-state index in [1.54, 1.807) is 0 Å². The van der Waals surface area contributed by atoms with Crippen LogP contribution in [0.2, 0.25) is 0 Å². The molecule has 0 bridgehead atoms. The van der Waals surface area contributed by atoms with Crippen molar-refractivity contribution >= 4 is 21.8 Å². The smallest absolute Gasteiger partial charge is 0.249 e. The van der Waals surface area contributed by atoms with E-state index < -0.39 is 0 Å². The molecule has 1 heterocycles. The Morgan fingerprint density at radius 1 is 1.30 bits per heavy atom. The summed E-state index contributed by atoms with van der Waals surface area (Å²) in [5.41, 5.74) is 6.29. The number of rotatable bonds is 8. The fourth-order valence-corrected chi connectivity index (χ4v) is 2.37. The van der Waals surface area contributed by atoms with Crippen LogP contribution in [0, 0.1) is 0 Å². The van der Waals surface area contributed by atoms with Gasteiger partial charge in [0.25, 0.3) is 0 Å². The second-order valence-corrected chi connectivity index (χ2v) is 6.27. The van der Waals surface area contributed by atoms with Gasteiger partial charge in [-0.15, -0.1) is 0 Å². The van der Waals surface area contributed by atoms with Gasteiger partial charge in [0.05, 0.1) is 0 Å². The summed E-state index contributed by atoms with van der Waals surface area (Å²) in [6.07, 6.45) is 3.23. The van der Waals surface area contributed by atoms with Crippen molar-refractivity contribution in [2.75, 3.05) is 6.54 Å². The molecule has 2 rings (SSSR count). The molecular weight excluding hydrogens is 360 g/mol. The van der Waals surface area contributed by atoms with Crippen LogP contribution in [0.3, 0.4) is 0 Å². The number of nitrogens with zero attached hydrogens (tertiary/aromatic N) is 2. The molecule has 0 saturated heterocycles. The van der Waals surface area contributed by atoms with Gasteiger partial charge in [-0.1, -0.05) is 27.5 Å². The molecule has 0 radical (unpaired) electrons. The number of hydrogen-bond donors (Lipinski definition) is 2. The third kappa shape index (κ3) is 5.44. The van der Waals surface area contributed by atoms with Crippen molar-refractivity contribution in [1.29, 1.82) is 0 Å². The van der Waals surface area contributed by atoms with Crippen LogP contribution >= 0.6 is 15.9 Å². The van der Waals surface area contributed by atoms with Crippen molar-refractivity contribution in [1.82, 2.24) is 15.5 Å². The molecule has 0 saturated carbocycles. The van der Waals surface area contributed by atoms with Gasteiger partial charge in [0.1, 0.15) is 6.04 Å². The van der Waals surface area contributed by atoms with Crippen LogP contribution < -0.4 is 11.1 Å². The molecule has 1 aromatic heterocycles. The maximum atomic E-state index is 11.9. The maximum Gasteiger partial charge on any atom is 0.249 e. The summed E-state index contributed by atoms with van der Waals surface area (Å²) in [4.78, 5) is 16.2. The summed E-state index contributed by atoms with van der Waals surface area (Å²) in [6.45, 7) is 2.50. The van der Waals surface area contributed by atoms with Gasteiger partial charge in [0, 0.05) is 16.5 Å². The van der Waals surface area contributed by atoms with E-state index in [1.165, 1.54) is 0 Å². The number of nitrogens with two attached hydrogens (primary N) is 1. The number of amides is 1. The van der Waals surface area contributed by atoms with Crippen molar-refractivity contribution in [2.45, 2.75) is 38.6 Å². The van der Waals surface area contributed by atoms with E-state index in [-0.39, 0.29) is 11.9 Å². The summed E-state index contributed by atoms with van der Waals surface area (Å²) >= 11 is 3.39. The molecule has 1 aromatic carbocycles. The minimum Gasteiger partial charge on any atom is -0.345 e. The normalized spacial score (nSPS) is 12.1.